The van der Waals surface area contributed by atoms with E-state index >= 15 is 0 Å². The van der Waals surface area contributed by atoms with Crippen molar-refractivity contribution in [1.29, 1.82) is 0 Å². The maximum absolute atomic E-state index is 10.8. The zero-order chi connectivity index (χ0) is 10.1. The lowest BCUT2D eigenvalue weighted by Gasteiger charge is -2.07. The maximum Gasteiger partial charge on any atom is 0.219 e. The van der Waals surface area contributed by atoms with Crippen LogP contribution in [0.5, 0.6) is 0 Å². The number of nitrogens with one attached hydrogen (secondary N) is 2. The van der Waals surface area contributed by atoms with E-state index in [0.717, 1.165) is 25.9 Å². The molecule has 1 unspecified atom stereocenters. The van der Waals surface area contributed by atoms with Crippen LogP contribution in [0.25, 0.3) is 0 Å². The van der Waals surface area contributed by atoms with Crippen molar-refractivity contribution in [2.45, 2.75) is 39.3 Å². The molecule has 0 rings (SSSR count). The summed E-state index contributed by atoms with van der Waals surface area (Å²) in [5.41, 5.74) is 5.50. The smallest absolute Gasteiger partial charge is 0.219 e. The topological polar surface area (TPSA) is 67.2 Å². The lowest BCUT2D eigenvalue weighted by Crippen LogP contribution is -2.35. The first-order valence-corrected chi connectivity index (χ1v) is 4.92. The van der Waals surface area contributed by atoms with E-state index in [-0.39, 0.29) is 12.1 Å². The van der Waals surface area contributed by atoms with Crippen LogP contribution in [0.2, 0.25) is 0 Å². The molecule has 78 valence electrons. The van der Waals surface area contributed by atoms with Crippen molar-refractivity contribution in [3.8, 4) is 0 Å². The second-order valence-electron chi connectivity index (χ2n) is 3.15. The van der Waals surface area contributed by atoms with Crippen molar-refractivity contribution >= 4 is 5.91 Å². The van der Waals surface area contributed by atoms with Crippen LogP contribution in [0.1, 0.15) is 33.1 Å². The van der Waals surface area contributed by atoms with Gasteiger partial charge in [0.15, 0.2) is 0 Å². The molecule has 0 bridgehead atoms. The first-order valence-electron chi connectivity index (χ1n) is 4.92. The largest absolute Gasteiger partial charge is 0.356 e. The number of hydrogen-bond donors (Lipinski definition) is 3. The van der Waals surface area contributed by atoms with Crippen LogP contribution in [0.15, 0.2) is 0 Å². The van der Waals surface area contributed by atoms with E-state index in [1.165, 1.54) is 0 Å². The molecule has 0 spiro atoms. The molecule has 13 heavy (non-hydrogen) atoms. The summed E-state index contributed by atoms with van der Waals surface area (Å²) in [6, 6.07) is 0. The van der Waals surface area contributed by atoms with Gasteiger partial charge in [-0.2, -0.15) is 0 Å². The fourth-order valence-electron chi connectivity index (χ4n) is 0.933. The third-order valence-corrected chi connectivity index (χ3v) is 1.71. The molecular weight excluding hydrogens is 166 g/mol. The van der Waals surface area contributed by atoms with Gasteiger partial charge in [-0.15, -0.1) is 0 Å². The molecular formula is C9H21N3O. The van der Waals surface area contributed by atoms with Crippen LogP contribution in [0.3, 0.4) is 0 Å². The molecule has 0 fully saturated rings. The van der Waals surface area contributed by atoms with Crippen LogP contribution in [0.4, 0.5) is 0 Å². The fraction of sp³-hybridized carbons (Fsp3) is 0.889. The molecule has 0 aromatic carbocycles. The van der Waals surface area contributed by atoms with Crippen molar-refractivity contribution < 1.29 is 4.79 Å². The number of nitrogens with two attached hydrogens (primary N) is 1. The average Bonchev–Trinajstić information content (AvgIpc) is 2.10. The highest BCUT2D eigenvalue weighted by molar-refractivity contribution is 5.75. The zero-order valence-electron chi connectivity index (χ0n) is 8.60. The van der Waals surface area contributed by atoms with Gasteiger partial charge in [-0.3, -0.25) is 4.79 Å². The lowest BCUT2D eigenvalue weighted by molar-refractivity contribution is -0.120. The molecule has 4 nitrogen and oxygen atoms in total. The highest BCUT2D eigenvalue weighted by Gasteiger charge is 1.95. The van der Waals surface area contributed by atoms with Crippen molar-refractivity contribution in [3.63, 3.8) is 0 Å². The summed E-state index contributed by atoms with van der Waals surface area (Å²) in [5.74, 6) is 0.125. The normalized spacial score (nSPS) is 12.5. The molecule has 0 saturated heterocycles. The van der Waals surface area contributed by atoms with Crippen molar-refractivity contribution in [2.24, 2.45) is 5.73 Å². The van der Waals surface area contributed by atoms with Gasteiger partial charge in [0.25, 0.3) is 0 Å². The molecule has 0 aromatic rings. The van der Waals surface area contributed by atoms with E-state index in [1.807, 2.05) is 13.8 Å². The molecule has 0 aliphatic carbocycles. The Hall–Kier alpha value is -0.610. The minimum Gasteiger partial charge on any atom is -0.356 e. The van der Waals surface area contributed by atoms with Gasteiger partial charge in [0.2, 0.25) is 5.91 Å². The summed E-state index contributed by atoms with van der Waals surface area (Å²) in [5, 5.41) is 5.94. The molecule has 0 aliphatic rings. The van der Waals surface area contributed by atoms with Gasteiger partial charge in [-0.05, 0) is 26.3 Å². The second-order valence-corrected chi connectivity index (χ2v) is 3.15. The van der Waals surface area contributed by atoms with Gasteiger partial charge >= 0.3 is 0 Å². The van der Waals surface area contributed by atoms with E-state index in [9.17, 15) is 4.79 Å². The summed E-state index contributed by atoms with van der Waals surface area (Å²) in [6.45, 7) is 5.46. The van der Waals surface area contributed by atoms with Crippen LogP contribution in [0, 0.1) is 0 Å². The molecule has 0 aliphatic heterocycles. The Bertz CT molecular complexity index is 137. The Balaban J connectivity index is 3.04. The standard InChI is InChI=1S/C9H21N3O/c1-3-9(13)12-7-5-4-6-11-8(2)10/h8,11H,3-7,10H2,1-2H3,(H,12,13). The highest BCUT2D eigenvalue weighted by Crippen LogP contribution is 1.85. The predicted octanol–water partition coefficient (Wildman–Crippen LogP) is 0.187. The zero-order valence-corrected chi connectivity index (χ0v) is 8.60. The molecule has 0 heterocycles. The highest BCUT2D eigenvalue weighted by atomic mass is 16.1. The van der Waals surface area contributed by atoms with Crippen LogP contribution in [-0.2, 0) is 4.79 Å². The molecule has 0 radical (unpaired) electrons. The SMILES string of the molecule is CCC(=O)NCCCCNC(C)N. The Morgan fingerprint density at radius 3 is 2.54 bits per heavy atom. The Kier molecular flexibility index (Phi) is 7.63. The minimum absolute atomic E-state index is 0.0604. The minimum atomic E-state index is 0.0604. The van der Waals surface area contributed by atoms with Crippen LogP contribution >= 0.6 is 0 Å². The molecule has 1 atom stereocenters. The summed E-state index contributed by atoms with van der Waals surface area (Å²) in [6.07, 6.45) is 2.68. The van der Waals surface area contributed by atoms with Crippen LogP contribution < -0.4 is 16.4 Å². The maximum atomic E-state index is 10.8. The first-order chi connectivity index (χ1) is 6.16. The molecule has 0 saturated carbocycles. The molecule has 4 N–H and O–H groups in total. The second kappa shape index (κ2) is 8.01. The Morgan fingerprint density at radius 2 is 2.00 bits per heavy atom. The van der Waals surface area contributed by atoms with Crippen LogP contribution in [-0.4, -0.2) is 25.2 Å². The number of unbranched alkanes of at least 4 members (excludes halogenated alkanes) is 1. The Morgan fingerprint density at radius 1 is 1.38 bits per heavy atom. The summed E-state index contributed by atoms with van der Waals surface area (Å²) in [7, 11) is 0. The average molecular weight is 187 g/mol. The van der Waals surface area contributed by atoms with E-state index in [0.29, 0.717) is 6.42 Å². The van der Waals surface area contributed by atoms with E-state index < -0.39 is 0 Å². The molecule has 0 aromatic heterocycles. The first kappa shape index (κ1) is 12.4. The monoisotopic (exact) mass is 187 g/mol. The van der Waals surface area contributed by atoms with E-state index in [4.69, 9.17) is 5.73 Å². The van der Waals surface area contributed by atoms with Gasteiger partial charge in [0, 0.05) is 13.0 Å². The number of rotatable bonds is 7. The lowest BCUT2D eigenvalue weighted by atomic mass is 10.3. The summed E-state index contributed by atoms with van der Waals surface area (Å²) < 4.78 is 0. The van der Waals surface area contributed by atoms with Crippen molar-refractivity contribution in [1.82, 2.24) is 10.6 Å². The number of carbonyl (C=O) groups excluding carboxylic acids is 1. The third kappa shape index (κ3) is 9.30. The van der Waals surface area contributed by atoms with Crippen molar-refractivity contribution in [3.05, 3.63) is 0 Å². The summed E-state index contributed by atoms with van der Waals surface area (Å²) in [4.78, 5) is 10.8. The quantitative estimate of drug-likeness (QED) is 0.393. The molecule has 1 amide bonds. The van der Waals surface area contributed by atoms with E-state index in [1.54, 1.807) is 0 Å². The number of amides is 1. The van der Waals surface area contributed by atoms with Gasteiger partial charge in [-0.1, -0.05) is 6.92 Å². The Labute approximate surface area is 80.3 Å². The van der Waals surface area contributed by atoms with Gasteiger partial charge < -0.3 is 16.4 Å². The number of carbonyl (C=O) groups is 1. The third-order valence-electron chi connectivity index (χ3n) is 1.71. The predicted molar refractivity (Wildman–Crippen MR) is 54.2 cm³/mol. The van der Waals surface area contributed by atoms with Gasteiger partial charge in [-0.25, -0.2) is 0 Å². The molecule has 4 heteroatoms. The van der Waals surface area contributed by atoms with Gasteiger partial charge in [0.1, 0.15) is 0 Å². The van der Waals surface area contributed by atoms with Gasteiger partial charge in [0.05, 0.1) is 6.17 Å². The fourth-order valence-corrected chi connectivity index (χ4v) is 0.933. The van der Waals surface area contributed by atoms with E-state index in [2.05, 4.69) is 10.6 Å². The van der Waals surface area contributed by atoms with Crippen molar-refractivity contribution in [2.75, 3.05) is 13.1 Å². The number of hydrogen-bond acceptors (Lipinski definition) is 3. The summed E-state index contributed by atoms with van der Waals surface area (Å²) >= 11 is 0.